The van der Waals surface area contributed by atoms with Crippen LogP contribution in [0.3, 0.4) is 0 Å². The van der Waals surface area contributed by atoms with Crippen LogP contribution >= 0.6 is 11.6 Å². The fraction of sp³-hybridized carbons (Fsp3) is 0.557. The van der Waals surface area contributed by atoms with Gasteiger partial charge < -0.3 is 60.4 Å². The molecule has 6 rings (SSSR count). The molecule has 4 aliphatic heterocycles. The Morgan fingerprint density at radius 3 is 2.26 bits per heavy atom. The molecule has 10 atom stereocenters. The normalized spacial score (nSPS) is 25.1. The van der Waals surface area contributed by atoms with Crippen LogP contribution in [-0.2, 0) is 75.0 Å². The number of carbonyl (C=O) groups is 11. The Morgan fingerprint density at radius 1 is 0.954 bits per heavy atom. The lowest BCUT2D eigenvalue weighted by Gasteiger charge is -2.42. The molecule has 0 unspecified atom stereocenters. The monoisotopic (exact) mass is 1230 g/mol. The smallest absolute Gasteiger partial charge is 0.409 e. The minimum atomic E-state index is -1.90. The van der Waals surface area contributed by atoms with Gasteiger partial charge in [0.1, 0.15) is 36.0 Å². The number of imide groups is 1. The highest BCUT2D eigenvalue weighted by Gasteiger charge is 2.64. The fourth-order valence-corrected chi connectivity index (χ4v) is 11.0. The molecule has 3 saturated heterocycles. The van der Waals surface area contributed by atoms with E-state index in [1.54, 1.807) is 65.1 Å². The van der Waals surface area contributed by atoms with Crippen LogP contribution in [0.2, 0.25) is 5.02 Å². The number of alkyl carbamates (subject to hydrolysis) is 1. The van der Waals surface area contributed by atoms with Gasteiger partial charge >= 0.3 is 24.1 Å². The van der Waals surface area contributed by atoms with Gasteiger partial charge in [0.25, 0.3) is 17.7 Å². The van der Waals surface area contributed by atoms with Crippen LogP contribution in [0.5, 0.6) is 0 Å². The molecular formula is C61H81ClN8O17. The molecule has 0 saturated carbocycles. The third kappa shape index (κ3) is 17.7. The van der Waals surface area contributed by atoms with Crippen molar-refractivity contribution in [3.63, 3.8) is 0 Å². The lowest BCUT2D eigenvalue weighted by molar-refractivity contribution is -0.197. The van der Waals surface area contributed by atoms with Gasteiger partial charge in [-0.2, -0.15) is 0 Å². The Morgan fingerprint density at radius 2 is 1.62 bits per heavy atom. The van der Waals surface area contributed by atoms with Crippen molar-refractivity contribution in [3.05, 3.63) is 87.5 Å². The number of nitrogens with two attached hydrogens (primary N) is 1. The predicted octanol–water partition coefficient (Wildman–Crippen LogP) is 4.48. The number of nitrogens with zero attached hydrogens (tertiary/aromatic N) is 3. The number of aliphatic hydroxyl groups is 1. The third-order valence-electron chi connectivity index (χ3n) is 16.2. The van der Waals surface area contributed by atoms with Crippen molar-refractivity contribution in [2.24, 2.45) is 17.6 Å². The molecule has 0 spiro atoms. The van der Waals surface area contributed by atoms with Crippen LogP contribution in [0.1, 0.15) is 133 Å². The van der Waals surface area contributed by atoms with E-state index in [-0.39, 0.29) is 76.3 Å². The van der Waals surface area contributed by atoms with E-state index in [4.69, 9.17) is 41.1 Å². The summed E-state index contributed by atoms with van der Waals surface area (Å²) in [6.07, 6.45) is 0.442. The first-order valence-electron chi connectivity index (χ1n) is 29.1. The zero-order valence-corrected chi connectivity index (χ0v) is 51.6. The summed E-state index contributed by atoms with van der Waals surface area (Å²) in [6.45, 7) is 12.1. The number of ether oxygens (including phenoxy) is 4. The topological polar surface area (TPSA) is 341 Å². The van der Waals surface area contributed by atoms with E-state index in [2.05, 4.69) is 21.3 Å². The molecule has 26 heteroatoms. The number of hydrogen-bond donors (Lipinski definition) is 6. The number of hydrogen-bond acceptors (Lipinski definition) is 17. The number of methoxy groups -OCH3 is 1. The second-order valence-corrected chi connectivity index (χ2v) is 23.7. The molecule has 4 aliphatic rings. The van der Waals surface area contributed by atoms with Crippen molar-refractivity contribution < 1.29 is 81.6 Å². The number of aryl methyl sites for hydroxylation is 1. The fourth-order valence-electron chi connectivity index (χ4n) is 10.7. The predicted molar refractivity (Wildman–Crippen MR) is 315 cm³/mol. The van der Waals surface area contributed by atoms with Gasteiger partial charge in [-0.1, -0.05) is 74.4 Å². The molecule has 4 bridgehead atoms. The Bertz CT molecular complexity index is 3010. The minimum absolute atomic E-state index is 0.0475. The largest absolute Gasteiger partial charge is 0.457 e. The van der Waals surface area contributed by atoms with Crippen molar-refractivity contribution in [3.8, 4) is 0 Å². The van der Waals surface area contributed by atoms with Crippen LogP contribution in [-0.4, -0.2) is 162 Å². The highest BCUT2D eigenvalue weighted by Crippen LogP contribution is 2.49. The first-order chi connectivity index (χ1) is 41.0. The first-order valence-corrected chi connectivity index (χ1v) is 29.4. The Balaban J connectivity index is 1.13. The summed E-state index contributed by atoms with van der Waals surface area (Å²) in [7, 11) is 4.37. The highest BCUT2D eigenvalue weighted by atomic mass is 35.5. The Kier molecular flexibility index (Phi) is 23.4. The molecular weight excluding hydrogens is 1150 g/mol. The summed E-state index contributed by atoms with van der Waals surface area (Å²) in [5.41, 5.74) is 5.49. The lowest BCUT2D eigenvalue weighted by Crippen LogP contribution is -2.63. The standard InChI is InChI=1S/C61H81ClN8O17/c1-33(2)53(66-47(72)18-11-12-19-51(76)87-70-48(73)24-25-49(70)74)55(77)65-41(16-14-26-64-58(63)80)43(71)30-38-20-22-40(23-21-38)56(78)68(8)37(6)57(79)85-46-31-50(75)69(9)42-29-39(28-35(4)52(42)62)27-34(3)15-13-17-45(83-10)61(82)32-44(84-59(81)67-61)36(5)54-60(46,7)86-54/h13,15,17,20-23,28-29,33,36-37,41,44-46,53-54,82H,11-12,14,16,18-19,24-27,30-32H2,1-10H3,(H,65,77)(H,66,72)(H,67,81)(H3,63,64,80)/b17-13+,34-15+/t36-,37+,41+,44+,45-,46+,53+,54+,60+,61+/m1/s1. The number of ketones is 1. The van der Waals surface area contributed by atoms with Crippen LogP contribution in [0.15, 0.2) is 60.2 Å². The van der Waals surface area contributed by atoms with E-state index >= 15 is 0 Å². The molecule has 3 fully saturated rings. The molecule has 0 aliphatic carbocycles. The second kappa shape index (κ2) is 29.8. The maximum Gasteiger partial charge on any atom is 0.409 e. The number of hydroxylamine groups is 2. The van der Waals surface area contributed by atoms with Crippen LogP contribution in [0.4, 0.5) is 15.3 Å². The number of urea groups is 1. The van der Waals surface area contributed by atoms with Gasteiger partial charge in [-0.25, -0.2) is 19.2 Å². The number of esters is 1. The van der Waals surface area contributed by atoms with E-state index in [0.717, 1.165) is 16.0 Å². The van der Waals surface area contributed by atoms with E-state index in [1.807, 2.05) is 26.0 Å². The van der Waals surface area contributed by atoms with Crippen LogP contribution < -0.4 is 31.9 Å². The number of benzene rings is 2. The van der Waals surface area contributed by atoms with Crippen LogP contribution in [0, 0.1) is 18.8 Å². The number of carbonyl (C=O) groups excluding carboxylic acids is 11. The van der Waals surface area contributed by atoms with Gasteiger partial charge in [0.05, 0.1) is 29.3 Å². The summed E-state index contributed by atoms with van der Waals surface area (Å²) in [5, 5.41) is 23.1. The quantitative estimate of drug-likeness (QED) is 0.0409. The number of allylic oxidation sites excluding steroid dienone is 3. The van der Waals surface area contributed by atoms with E-state index in [0.29, 0.717) is 33.3 Å². The molecule has 25 nitrogen and oxygen atoms in total. The van der Waals surface area contributed by atoms with Gasteiger partial charge in [-0.15, -0.1) is 5.06 Å². The average Bonchev–Trinajstić information content (AvgIpc) is 2.26. The highest BCUT2D eigenvalue weighted by molar-refractivity contribution is 6.34. The molecule has 2 aromatic rings. The molecule has 0 aromatic heterocycles. The number of primary amides is 1. The molecule has 7 N–H and O–H groups in total. The summed E-state index contributed by atoms with van der Waals surface area (Å²) >= 11 is 6.85. The molecule has 87 heavy (non-hydrogen) atoms. The molecule has 9 amide bonds. The summed E-state index contributed by atoms with van der Waals surface area (Å²) in [4.78, 5) is 151. The van der Waals surface area contributed by atoms with Gasteiger partial charge in [0.15, 0.2) is 11.5 Å². The maximum atomic E-state index is 14.4. The number of halogens is 1. The minimum Gasteiger partial charge on any atom is -0.457 e. The first kappa shape index (κ1) is 68.4. The number of unbranched alkanes of at least 4 members (excludes halogenated alkanes) is 1. The number of nitrogens with one attached hydrogen (secondary N) is 4. The van der Waals surface area contributed by atoms with Crippen molar-refractivity contribution in [2.75, 3.05) is 32.6 Å². The maximum absolute atomic E-state index is 14.4. The Labute approximate surface area is 510 Å². The lowest BCUT2D eigenvalue weighted by atomic mass is 9.83. The van der Waals surface area contributed by atoms with Crippen molar-refractivity contribution in [1.82, 2.24) is 31.2 Å². The summed E-state index contributed by atoms with van der Waals surface area (Å²) < 4.78 is 23.9. The van der Waals surface area contributed by atoms with Gasteiger partial charge in [0.2, 0.25) is 17.7 Å². The van der Waals surface area contributed by atoms with Crippen molar-refractivity contribution in [2.45, 2.75) is 179 Å². The van der Waals surface area contributed by atoms with Gasteiger partial charge in [0, 0.05) is 77.8 Å². The SMILES string of the molecule is CO[C@@H]1/C=C/C=C(\C)Cc2cc(C)c(Cl)c(c2)N(C)C(=O)C[C@H](OC(=O)[C@H](C)N(C)C(=O)c2ccc(CC(=O)[C@H](CCCNC(N)=O)NC(=O)[C@@H](NC(=O)CCCCC(=O)ON3C(=O)CCC3=O)C(C)C)cc2)[C@]2(C)O[C@H]2[C@H](C)[C@@H]2C[C@@]1(O)NC(=O)O2. The number of epoxide rings is 1. The molecule has 2 aromatic carbocycles. The van der Waals surface area contributed by atoms with Crippen LogP contribution in [0.25, 0.3) is 0 Å². The van der Waals surface area contributed by atoms with Crippen molar-refractivity contribution in [1.29, 1.82) is 0 Å². The average molecular weight is 1230 g/mol. The number of Topliss-reactive ketones (excluding diaryl/α,β-unsaturated/α-hetero) is 1. The molecule has 474 valence electrons. The summed E-state index contributed by atoms with van der Waals surface area (Å²) in [6, 6.07) is 5.57. The second-order valence-electron chi connectivity index (χ2n) is 23.3. The number of likely N-dealkylation sites (N-methyl/N-ethyl adjacent to an activating group) is 1. The van der Waals surface area contributed by atoms with E-state index < -0.39 is 137 Å². The van der Waals surface area contributed by atoms with Gasteiger partial charge in [-0.05, 0) is 101 Å². The number of amides is 9. The molecule has 0 radical (unpaired) electrons. The molecule has 4 heterocycles. The van der Waals surface area contributed by atoms with Crippen molar-refractivity contribution >= 4 is 82.6 Å². The summed E-state index contributed by atoms with van der Waals surface area (Å²) in [5.74, 6) is -6.63. The van der Waals surface area contributed by atoms with Gasteiger partial charge in [-0.3, -0.25) is 38.9 Å². The van der Waals surface area contributed by atoms with E-state index in [1.165, 1.54) is 38.1 Å². The number of fused-ring (bicyclic) bond motifs is 5. The zero-order valence-electron chi connectivity index (χ0n) is 50.9. The van der Waals surface area contributed by atoms with E-state index in [9.17, 15) is 57.8 Å². The zero-order chi connectivity index (χ0) is 64.2. The number of anilines is 1. The Hall–Kier alpha value is -7.74. The number of rotatable bonds is 22. The third-order valence-corrected chi connectivity index (χ3v) is 16.7.